The molecule has 0 radical (unpaired) electrons. The van der Waals surface area contributed by atoms with E-state index in [0.29, 0.717) is 40.2 Å². The van der Waals surface area contributed by atoms with Gasteiger partial charge in [-0.25, -0.2) is 8.42 Å². The summed E-state index contributed by atoms with van der Waals surface area (Å²) in [4.78, 5) is 3.32. The SMILES string of the molecule is CS(=O)(=O)Nc1cc(C(O)CNCCOc2ccc3c(c2)[nH]c2cc(C#N)ccc23)ccc1Br. The van der Waals surface area contributed by atoms with Crippen LogP contribution in [0.5, 0.6) is 5.75 Å². The highest BCUT2D eigenvalue weighted by atomic mass is 79.9. The highest BCUT2D eigenvalue weighted by molar-refractivity contribution is 9.10. The number of H-pyrrole nitrogens is 1. The van der Waals surface area contributed by atoms with Crippen LogP contribution < -0.4 is 14.8 Å². The highest BCUT2D eigenvalue weighted by Gasteiger charge is 2.12. The second-order valence-electron chi connectivity index (χ2n) is 7.89. The number of nitrogens with zero attached hydrogens (tertiary/aromatic N) is 1. The van der Waals surface area contributed by atoms with Gasteiger partial charge in [0.1, 0.15) is 12.4 Å². The molecular formula is C24H23BrN4O4S. The Labute approximate surface area is 205 Å². The normalized spacial score (nSPS) is 12.5. The first-order valence-corrected chi connectivity index (χ1v) is 13.2. The second kappa shape index (κ2) is 10.0. The van der Waals surface area contributed by atoms with Crippen molar-refractivity contribution in [1.82, 2.24) is 10.3 Å². The van der Waals surface area contributed by atoms with Crippen molar-refractivity contribution in [3.8, 4) is 11.8 Å². The maximum absolute atomic E-state index is 11.5. The van der Waals surface area contributed by atoms with Gasteiger partial charge >= 0.3 is 0 Å². The van der Waals surface area contributed by atoms with Gasteiger partial charge in [-0.05, 0) is 57.9 Å². The van der Waals surface area contributed by atoms with Gasteiger partial charge in [0.2, 0.25) is 10.0 Å². The molecule has 4 aromatic rings. The van der Waals surface area contributed by atoms with Crippen LogP contribution in [-0.4, -0.2) is 44.5 Å². The quantitative estimate of drug-likeness (QED) is 0.236. The van der Waals surface area contributed by atoms with E-state index in [-0.39, 0.29) is 6.54 Å². The Morgan fingerprint density at radius 2 is 1.85 bits per heavy atom. The molecule has 3 aromatic carbocycles. The van der Waals surface area contributed by atoms with Gasteiger partial charge < -0.3 is 20.1 Å². The molecule has 1 atom stereocenters. The van der Waals surface area contributed by atoms with Gasteiger partial charge in [-0.1, -0.05) is 12.1 Å². The van der Waals surface area contributed by atoms with E-state index in [9.17, 15) is 13.5 Å². The third-order valence-electron chi connectivity index (χ3n) is 5.26. The van der Waals surface area contributed by atoms with Gasteiger partial charge in [0.25, 0.3) is 0 Å². The van der Waals surface area contributed by atoms with E-state index in [2.05, 4.69) is 37.0 Å². The first kappa shape index (κ1) is 24.0. The van der Waals surface area contributed by atoms with E-state index in [0.717, 1.165) is 28.1 Å². The molecule has 4 rings (SSSR count). The maximum atomic E-state index is 11.5. The van der Waals surface area contributed by atoms with Crippen molar-refractivity contribution < 1.29 is 18.3 Å². The Morgan fingerprint density at radius 1 is 1.12 bits per heavy atom. The number of ether oxygens (including phenoxy) is 1. The molecule has 4 N–H and O–H groups in total. The average Bonchev–Trinajstić information content (AvgIpc) is 3.16. The van der Waals surface area contributed by atoms with Gasteiger partial charge in [-0.15, -0.1) is 0 Å². The maximum Gasteiger partial charge on any atom is 0.229 e. The molecule has 8 nitrogen and oxygen atoms in total. The molecule has 0 bridgehead atoms. The molecule has 1 unspecified atom stereocenters. The minimum absolute atomic E-state index is 0.283. The number of anilines is 1. The number of fused-ring (bicyclic) bond motifs is 3. The highest BCUT2D eigenvalue weighted by Crippen LogP contribution is 2.29. The number of halogens is 1. The largest absolute Gasteiger partial charge is 0.492 e. The summed E-state index contributed by atoms with van der Waals surface area (Å²) in [5.74, 6) is 0.714. The number of nitrogens with one attached hydrogen (secondary N) is 3. The lowest BCUT2D eigenvalue weighted by Gasteiger charge is -2.15. The fourth-order valence-corrected chi connectivity index (χ4v) is 4.72. The van der Waals surface area contributed by atoms with Crippen molar-refractivity contribution in [1.29, 1.82) is 5.26 Å². The molecule has 0 aliphatic carbocycles. The number of aromatic nitrogens is 1. The third kappa shape index (κ3) is 5.69. The van der Waals surface area contributed by atoms with Crippen LogP contribution in [0.2, 0.25) is 0 Å². The number of rotatable bonds is 9. The van der Waals surface area contributed by atoms with E-state index >= 15 is 0 Å². The van der Waals surface area contributed by atoms with Gasteiger partial charge in [-0.2, -0.15) is 5.26 Å². The van der Waals surface area contributed by atoms with Crippen LogP contribution in [0.1, 0.15) is 17.2 Å². The molecule has 10 heteroatoms. The number of hydrogen-bond acceptors (Lipinski definition) is 6. The zero-order valence-electron chi connectivity index (χ0n) is 18.3. The van der Waals surface area contributed by atoms with Crippen molar-refractivity contribution in [2.24, 2.45) is 0 Å². The van der Waals surface area contributed by atoms with Crippen LogP contribution in [0.15, 0.2) is 59.1 Å². The summed E-state index contributed by atoms with van der Waals surface area (Å²) in [6.07, 6.45) is 0.263. The fourth-order valence-electron chi connectivity index (χ4n) is 3.67. The molecule has 0 aliphatic rings. The van der Waals surface area contributed by atoms with Crippen LogP contribution in [0.25, 0.3) is 21.8 Å². The number of nitriles is 1. The standard InChI is InChI=1S/C24H23BrN4O4S/c1-34(31,32)29-23-11-16(3-7-20(23)25)24(30)14-27-8-9-33-17-4-6-19-18-5-2-15(13-26)10-21(18)28-22(19)12-17/h2-7,10-12,24,27-30H,8-9,14H2,1H3. The van der Waals surface area contributed by atoms with E-state index in [1.807, 2.05) is 30.3 Å². The summed E-state index contributed by atoms with van der Waals surface area (Å²) in [6, 6.07) is 18.6. The molecule has 1 heterocycles. The zero-order chi connectivity index (χ0) is 24.3. The zero-order valence-corrected chi connectivity index (χ0v) is 20.7. The van der Waals surface area contributed by atoms with Gasteiger partial charge in [0, 0.05) is 39.9 Å². The lowest BCUT2D eigenvalue weighted by molar-refractivity contribution is 0.172. The molecular weight excluding hydrogens is 520 g/mol. The number of hydrogen-bond donors (Lipinski definition) is 4. The van der Waals surface area contributed by atoms with Gasteiger partial charge in [0.15, 0.2) is 0 Å². The van der Waals surface area contributed by atoms with Crippen LogP contribution in [0, 0.1) is 11.3 Å². The molecule has 0 spiro atoms. The summed E-state index contributed by atoms with van der Waals surface area (Å²) in [5, 5.41) is 24.8. The summed E-state index contributed by atoms with van der Waals surface area (Å²) in [5.41, 5.74) is 3.41. The first-order valence-electron chi connectivity index (χ1n) is 10.5. The minimum Gasteiger partial charge on any atom is -0.492 e. The van der Waals surface area contributed by atoms with Crippen molar-refractivity contribution in [2.45, 2.75) is 6.10 Å². The van der Waals surface area contributed by atoms with Gasteiger partial charge in [0.05, 0.1) is 35.2 Å². The Kier molecular flexibility index (Phi) is 7.09. The minimum atomic E-state index is -3.43. The predicted molar refractivity (Wildman–Crippen MR) is 136 cm³/mol. The lowest BCUT2D eigenvalue weighted by Crippen LogP contribution is -2.26. The Balaban J connectivity index is 1.31. The molecule has 0 fully saturated rings. The van der Waals surface area contributed by atoms with Crippen LogP contribution in [0.4, 0.5) is 5.69 Å². The summed E-state index contributed by atoms with van der Waals surface area (Å²) in [7, 11) is -3.43. The number of benzene rings is 3. The van der Waals surface area contributed by atoms with Crippen LogP contribution >= 0.6 is 15.9 Å². The number of sulfonamides is 1. The second-order valence-corrected chi connectivity index (χ2v) is 10.5. The summed E-state index contributed by atoms with van der Waals surface area (Å²) in [6.45, 7) is 1.20. The van der Waals surface area contributed by atoms with Crippen molar-refractivity contribution in [2.75, 3.05) is 30.7 Å². The van der Waals surface area contributed by atoms with E-state index in [1.165, 1.54) is 0 Å². The predicted octanol–water partition coefficient (Wildman–Crippen LogP) is 4.03. The lowest BCUT2D eigenvalue weighted by atomic mass is 10.1. The van der Waals surface area contributed by atoms with Crippen molar-refractivity contribution >= 4 is 53.4 Å². The monoisotopic (exact) mass is 542 g/mol. The Hall–Kier alpha value is -3.10. The summed E-state index contributed by atoms with van der Waals surface area (Å²) >= 11 is 3.30. The molecule has 34 heavy (non-hydrogen) atoms. The van der Waals surface area contributed by atoms with Crippen LogP contribution in [-0.2, 0) is 10.0 Å². The third-order valence-corrected chi connectivity index (χ3v) is 6.54. The fraction of sp³-hybridized carbons (Fsp3) is 0.208. The van der Waals surface area contributed by atoms with E-state index in [4.69, 9.17) is 10.00 Å². The number of aromatic amines is 1. The van der Waals surface area contributed by atoms with Crippen molar-refractivity contribution in [3.05, 3.63) is 70.2 Å². The smallest absolute Gasteiger partial charge is 0.229 e. The van der Waals surface area contributed by atoms with Gasteiger partial charge in [-0.3, -0.25) is 4.72 Å². The van der Waals surface area contributed by atoms with Crippen LogP contribution in [0.3, 0.4) is 0 Å². The van der Waals surface area contributed by atoms with E-state index in [1.54, 1.807) is 24.3 Å². The average molecular weight is 543 g/mol. The molecule has 0 saturated heterocycles. The molecule has 0 amide bonds. The summed E-state index contributed by atoms with van der Waals surface area (Å²) < 4.78 is 31.9. The number of aliphatic hydroxyl groups is 1. The Bertz CT molecular complexity index is 1490. The topological polar surface area (TPSA) is 127 Å². The molecule has 176 valence electrons. The molecule has 0 aliphatic heterocycles. The molecule has 0 saturated carbocycles. The Morgan fingerprint density at radius 3 is 2.59 bits per heavy atom. The van der Waals surface area contributed by atoms with E-state index < -0.39 is 16.1 Å². The van der Waals surface area contributed by atoms with Crippen molar-refractivity contribution in [3.63, 3.8) is 0 Å². The first-order chi connectivity index (χ1) is 16.2. The number of aliphatic hydroxyl groups excluding tert-OH is 1. The molecule has 1 aromatic heterocycles.